The lowest BCUT2D eigenvalue weighted by molar-refractivity contribution is -0.118. The summed E-state index contributed by atoms with van der Waals surface area (Å²) in [4.78, 5) is 18.8. The van der Waals surface area contributed by atoms with E-state index in [4.69, 9.17) is 28.2 Å². The number of carbonyl (C=O) groups excluding carboxylic acids is 1. The number of aromatic nitrogens is 1. The van der Waals surface area contributed by atoms with Gasteiger partial charge >= 0.3 is 0 Å². The van der Waals surface area contributed by atoms with Crippen LogP contribution < -0.4 is 15.5 Å². The molecule has 3 heterocycles. The third-order valence-electron chi connectivity index (χ3n) is 6.42. The van der Waals surface area contributed by atoms with Crippen LogP contribution in [-0.2, 0) is 4.79 Å². The fourth-order valence-corrected chi connectivity index (χ4v) is 5.69. The van der Waals surface area contributed by atoms with Gasteiger partial charge in [-0.1, -0.05) is 53.5 Å². The fraction of sp³-hybridized carbons (Fsp3) is 0.207. The number of aryl methyl sites for hydroxylation is 1. The van der Waals surface area contributed by atoms with Gasteiger partial charge in [0, 0.05) is 27.8 Å². The highest BCUT2D eigenvalue weighted by Gasteiger charge is 2.42. The highest BCUT2D eigenvalue weighted by molar-refractivity contribution is 9.10. The summed E-state index contributed by atoms with van der Waals surface area (Å²) in [5, 5.41) is 7.25. The van der Waals surface area contributed by atoms with Crippen molar-refractivity contribution in [3.05, 3.63) is 99.4 Å². The smallest absolute Gasteiger partial charge is 0.226 e. The Morgan fingerprint density at radius 2 is 1.97 bits per heavy atom. The molecule has 0 radical (unpaired) electrons. The highest BCUT2D eigenvalue weighted by Crippen LogP contribution is 2.44. The third kappa shape index (κ3) is 5.21. The number of carbonyl (C=O) groups is 1. The average molecular weight is 610 g/mol. The normalized spacial score (nSPS) is 17.1. The van der Waals surface area contributed by atoms with Crippen molar-refractivity contribution in [1.29, 1.82) is 0 Å². The number of amides is 1. The van der Waals surface area contributed by atoms with Crippen molar-refractivity contribution in [3.8, 4) is 11.3 Å². The van der Waals surface area contributed by atoms with E-state index in [2.05, 4.69) is 43.7 Å². The first-order valence-corrected chi connectivity index (χ1v) is 13.8. The molecular formula is C29H26BrClN4O2S. The van der Waals surface area contributed by atoms with Gasteiger partial charge in [-0.2, -0.15) is 0 Å². The van der Waals surface area contributed by atoms with Crippen molar-refractivity contribution in [1.82, 2.24) is 10.3 Å². The molecule has 2 atom stereocenters. The van der Waals surface area contributed by atoms with E-state index in [0.717, 1.165) is 38.5 Å². The summed E-state index contributed by atoms with van der Waals surface area (Å²) in [6, 6.07) is 20.8. The van der Waals surface area contributed by atoms with Crippen LogP contribution in [0.15, 0.2) is 81.8 Å². The van der Waals surface area contributed by atoms with Crippen LogP contribution in [0.4, 0.5) is 11.4 Å². The molecule has 4 aromatic rings. The van der Waals surface area contributed by atoms with Crippen LogP contribution in [0, 0.1) is 12.8 Å². The number of hydrogen-bond acceptors (Lipinski definition) is 4. The Kier molecular flexibility index (Phi) is 7.56. The number of rotatable bonds is 6. The van der Waals surface area contributed by atoms with Crippen molar-refractivity contribution in [2.24, 2.45) is 5.92 Å². The maximum Gasteiger partial charge on any atom is 0.226 e. The summed E-state index contributed by atoms with van der Waals surface area (Å²) in [6.45, 7) is 5.72. The number of thiocarbonyl (C=S) groups is 1. The molecular weight excluding hydrogens is 584 g/mol. The number of nitrogens with one attached hydrogen (secondary N) is 2. The summed E-state index contributed by atoms with van der Waals surface area (Å²) < 4.78 is 7.43. The Bertz CT molecular complexity index is 1510. The molecule has 1 saturated heterocycles. The molecule has 2 aromatic heterocycles. The van der Waals surface area contributed by atoms with E-state index in [-0.39, 0.29) is 23.9 Å². The Hall–Kier alpha value is -3.20. The maximum absolute atomic E-state index is 12.2. The summed E-state index contributed by atoms with van der Waals surface area (Å²) in [7, 11) is 0. The molecule has 5 rings (SSSR count). The zero-order valence-electron chi connectivity index (χ0n) is 21.0. The van der Waals surface area contributed by atoms with Crippen LogP contribution >= 0.6 is 39.7 Å². The van der Waals surface area contributed by atoms with Gasteiger partial charge in [0.05, 0.1) is 22.4 Å². The Balaban J connectivity index is 1.56. The molecule has 2 unspecified atom stereocenters. The topological polar surface area (TPSA) is 70.4 Å². The Labute approximate surface area is 240 Å². The van der Waals surface area contributed by atoms with Gasteiger partial charge in [0.2, 0.25) is 5.91 Å². The molecule has 0 aliphatic carbocycles. The molecule has 1 aliphatic rings. The maximum atomic E-state index is 12.2. The van der Waals surface area contributed by atoms with E-state index >= 15 is 0 Å². The minimum absolute atomic E-state index is 0.100. The molecule has 2 aromatic carbocycles. The average Bonchev–Trinajstić information content (AvgIpc) is 3.50. The summed E-state index contributed by atoms with van der Waals surface area (Å²) in [6.07, 6.45) is 1.76. The number of halogens is 2. The molecule has 0 bridgehead atoms. The van der Waals surface area contributed by atoms with Crippen LogP contribution in [-0.4, -0.2) is 16.0 Å². The number of benzene rings is 2. The number of nitrogens with zero attached hydrogens (tertiary/aromatic N) is 2. The van der Waals surface area contributed by atoms with Crippen LogP contribution in [0.25, 0.3) is 11.3 Å². The molecule has 6 nitrogen and oxygen atoms in total. The quantitative estimate of drug-likeness (QED) is 0.217. The van der Waals surface area contributed by atoms with Crippen LogP contribution in [0.5, 0.6) is 0 Å². The van der Waals surface area contributed by atoms with E-state index < -0.39 is 0 Å². The van der Waals surface area contributed by atoms with E-state index in [9.17, 15) is 4.79 Å². The molecule has 38 heavy (non-hydrogen) atoms. The zero-order valence-corrected chi connectivity index (χ0v) is 24.2. The number of furan rings is 1. The minimum atomic E-state index is -0.331. The summed E-state index contributed by atoms with van der Waals surface area (Å²) in [5.41, 5.74) is 4.28. The van der Waals surface area contributed by atoms with Gasteiger partial charge in [-0.05, 0) is 79.3 Å². The van der Waals surface area contributed by atoms with Crippen LogP contribution in [0.1, 0.15) is 42.9 Å². The Morgan fingerprint density at radius 1 is 1.16 bits per heavy atom. The summed E-state index contributed by atoms with van der Waals surface area (Å²) in [5.74, 6) is 1.21. The standard InChI is InChI=1S/C29H26BrClN4O2S/c1-16(2)28(36)33-22-10-8-18(15-21(22)31)35-27(26(34-29(35)38)23-6-4-5-13-32-23)25-12-11-24(37-25)19-9-7-17(3)14-20(19)30/h4-16,26-27H,1-3H3,(H,33,36)(H,34,38). The minimum Gasteiger partial charge on any atom is -0.459 e. The number of pyridine rings is 1. The van der Waals surface area contributed by atoms with Crippen LogP contribution in [0.3, 0.4) is 0 Å². The first kappa shape index (κ1) is 26.4. The van der Waals surface area contributed by atoms with E-state index in [0.29, 0.717) is 15.8 Å². The second kappa shape index (κ2) is 10.9. The molecule has 0 saturated carbocycles. The molecule has 1 fully saturated rings. The van der Waals surface area contributed by atoms with Gasteiger partial charge in [-0.3, -0.25) is 9.78 Å². The zero-order chi connectivity index (χ0) is 27.0. The molecule has 0 spiro atoms. The van der Waals surface area contributed by atoms with Gasteiger partial charge in [0.25, 0.3) is 0 Å². The molecule has 1 aliphatic heterocycles. The van der Waals surface area contributed by atoms with Crippen LogP contribution in [0.2, 0.25) is 5.02 Å². The van der Waals surface area contributed by atoms with E-state index in [1.807, 2.05) is 68.1 Å². The van der Waals surface area contributed by atoms with E-state index in [1.54, 1.807) is 18.3 Å². The first-order chi connectivity index (χ1) is 18.2. The molecule has 9 heteroatoms. The lowest BCUT2D eigenvalue weighted by atomic mass is 10.0. The molecule has 194 valence electrons. The second-order valence-electron chi connectivity index (χ2n) is 9.49. The third-order valence-corrected chi connectivity index (χ3v) is 7.70. The van der Waals surface area contributed by atoms with Gasteiger partial charge < -0.3 is 20.0 Å². The highest BCUT2D eigenvalue weighted by atomic mass is 79.9. The number of anilines is 2. The predicted molar refractivity (Wildman–Crippen MR) is 159 cm³/mol. The van der Waals surface area contributed by atoms with Crippen molar-refractivity contribution in [2.45, 2.75) is 32.9 Å². The molecule has 1 amide bonds. The Morgan fingerprint density at radius 3 is 2.66 bits per heavy atom. The first-order valence-electron chi connectivity index (χ1n) is 12.2. The van der Waals surface area contributed by atoms with Crippen molar-refractivity contribution >= 4 is 62.1 Å². The monoisotopic (exact) mass is 608 g/mol. The number of hydrogen-bond donors (Lipinski definition) is 2. The largest absolute Gasteiger partial charge is 0.459 e. The van der Waals surface area contributed by atoms with Gasteiger partial charge in [0.15, 0.2) is 5.11 Å². The van der Waals surface area contributed by atoms with Gasteiger partial charge in [-0.25, -0.2) is 0 Å². The van der Waals surface area contributed by atoms with Crippen molar-refractivity contribution < 1.29 is 9.21 Å². The predicted octanol–water partition coefficient (Wildman–Crippen LogP) is 7.84. The van der Waals surface area contributed by atoms with Gasteiger partial charge in [-0.15, -0.1) is 0 Å². The lowest BCUT2D eigenvalue weighted by Crippen LogP contribution is -2.29. The van der Waals surface area contributed by atoms with Gasteiger partial charge in [0.1, 0.15) is 17.6 Å². The van der Waals surface area contributed by atoms with Crippen molar-refractivity contribution in [3.63, 3.8) is 0 Å². The van der Waals surface area contributed by atoms with E-state index in [1.165, 1.54) is 0 Å². The second-order valence-corrected chi connectivity index (χ2v) is 11.1. The summed E-state index contributed by atoms with van der Waals surface area (Å²) >= 11 is 16.1. The SMILES string of the molecule is Cc1ccc(-c2ccc(C3C(c4ccccn4)NC(=S)N3c3ccc(NC(=O)C(C)C)c(Cl)c3)o2)c(Br)c1. The van der Waals surface area contributed by atoms with Crippen molar-refractivity contribution in [2.75, 3.05) is 10.2 Å². The fourth-order valence-electron chi connectivity index (χ4n) is 4.43. The lowest BCUT2D eigenvalue weighted by Gasteiger charge is -2.26. The molecule has 2 N–H and O–H groups in total.